The van der Waals surface area contributed by atoms with Crippen molar-refractivity contribution in [3.63, 3.8) is 0 Å². The molecule has 0 atom stereocenters. The van der Waals surface area contributed by atoms with Gasteiger partial charge in [-0.05, 0) is 12.5 Å². The number of anilines is 2. The first-order valence-corrected chi connectivity index (χ1v) is 5.08. The van der Waals surface area contributed by atoms with Gasteiger partial charge in [-0.3, -0.25) is 14.8 Å². The second kappa shape index (κ2) is 4.25. The van der Waals surface area contributed by atoms with Crippen LogP contribution in [0, 0.1) is 17.0 Å². The summed E-state index contributed by atoms with van der Waals surface area (Å²) in [5.74, 6) is 0.663. The van der Waals surface area contributed by atoms with Gasteiger partial charge >= 0.3 is 0 Å². The van der Waals surface area contributed by atoms with E-state index in [1.54, 1.807) is 23.0 Å². The minimum Gasteiger partial charge on any atom is -0.338 e. The van der Waals surface area contributed by atoms with Gasteiger partial charge in [0.25, 0.3) is 5.69 Å². The second-order valence-corrected chi connectivity index (χ2v) is 3.76. The summed E-state index contributed by atoms with van der Waals surface area (Å²) in [7, 11) is 1.81. The molecule has 1 heterocycles. The summed E-state index contributed by atoms with van der Waals surface area (Å²) in [5, 5.41) is 17.9. The van der Waals surface area contributed by atoms with E-state index in [4.69, 9.17) is 0 Å². The summed E-state index contributed by atoms with van der Waals surface area (Å²) in [4.78, 5) is 10.3. The van der Waals surface area contributed by atoms with Crippen LogP contribution in [0.4, 0.5) is 17.2 Å². The first-order valence-electron chi connectivity index (χ1n) is 5.08. The summed E-state index contributed by atoms with van der Waals surface area (Å²) in [6.45, 7) is 1.88. The first-order chi connectivity index (χ1) is 8.06. The number of hydrogen-bond donors (Lipinski definition) is 1. The Morgan fingerprint density at radius 3 is 2.76 bits per heavy atom. The van der Waals surface area contributed by atoms with E-state index in [1.165, 1.54) is 12.1 Å². The Morgan fingerprint density at radius 1 is 1.41 bits per heavy atom. The highest BCUT2D eigenvalue weighted by atomic mass is 16.6. The van der Waals surface area contributed by atoms with E-state index in [9.17, 15) is 10.1 Å². The van der Waals surface area contributed by atoms with Crippen LogP contribution in [0.2, 0.25) is 0 Å². The van der Waals surface area contributed by atoms with Crippen molar-refractivity contribution < 1.29 is 4.92 Å². The van der Waals surface area contributed by atoms with Gasteiger partial charge in [0.1, 0.15) is 0 Å². The number of nitro groups is 1. The molecule has 2 rings (SSSR count). The molecule has 0 unspecified atom stereocenters. The molecule has 2 aromatic rings. The topological polar surface area (TPSA) is 73.0 Å². The molecule has 0 aliphatic rings. The maximum Gasteiger partial charge on any atom is 0.271 e. The number of benzene rings is 1. The number of rotatable bonds is 3. The van der Waals surface area contributed by atoms with Gasteiger partial charge in [0.15, 0.2) is 5.82 Å². The monoisotopic (exact) mass is 232 g/mol. The van der Waals surface area contributed by atoms with Crippen molar-refractivity contribution in [1.82, 2.24) is 9.78 Å². The Morgan fingerprint density at radius 2 is 2.18 bits per heavy atom. The van der Waals surface area contributed by atoms with E-state index in [0.29, 0.717) is 11.5 Å². The smallest absolute Gasteiger partial charge is 0.271 e. The molecule has 88 valence electrons. The molecule has 0 aliphatic heterocycles. The summed E-state index contributed by atoms with van der Waals surface area (Å²) < 4.78 is 1.66. The van der Waals surface area contributed by atoms with Crippen LogP contribution in [0.5, 0.6) is 0 Å². The van der Waals surface area contributed by atoms with E-state index in [1.807, 2.05) is 14.0 Å². The number of nitro benzene ring substituents is 1. The number of hydrogen-bond acceptors (Lipinski definition) is 4. The molecule has 0 fully saturated rings. The van der Waals surface area contributed by atoms with Crippen LogP contribution in [0.25, 0.3) is 0 Å². The molecule has 1 aromatic heterocycles. The SMILES string of the molecule is Cc1ccc([N+](=O)[O-])cc1Nc1ccn(C)n1. The summed E-state index contributed by atoms with van der Waals surface area (Å²) in [6.07, 6.45) is 1.80. The minimum absolute atomic E-state index is 0.0639. The third kappa shape index (κ3) is 2.41. The van der Waals surface area contributed by atoms with Crippen molar-refractivity contribution in [3.8, 4) is 0 Å². The van der Waals surface area contributed by atoms with Gasteiger partial charge < -0.3 is 5.32 Å². The number of aryl methyl sites for hydroxylation is 2. The van der Waals surface area contributed by atoms with Gasteiger partial charge in [-0.1, -0.05) is 6.07 Å². The maximum absolute atomic E-state index is 10.7. The summed E-state index contributed by atoms with van der Waals surface area (Å²) >= 11 is 0. The van der Waals surface area contributed by atoms with Crippen LogP contribution in [-0.4, -0.2) is 14.7 Å². The molecule has 17 heavy (non-hydrogen) atoms. The Bertz CT molecular complexity index is 562. The lowest BCUT2D eigenvalue weighted by Gasteiger charge is -2.06. The molecule has 0 aliphatic carbocycles. The zero-order chi connectivity index (χ0) is 12.4. The molecular weight excluding hydrogens is 220 g/mol. The van der Waals surface area contributed by atoms with E-state index in [0.717, 1.165) is 5.56 Å². The molecule has 0 radical (unpaired) electrons. The number of nitrogens with zero attached hydrogens (tertiary/aromatic N) is 3. The fourth-order valence-corrected chi connectivity index (χ4v) is 1.48. The van der Waals surface area contributed by atoms with Gasteiger partial charge in [0.05, 0.1) is 4.92 Å². The Hall–Kier alpha value is -2.37. The van der Waals surface area contributed by atoms with Crippen LogP contribution >= 0.6 is 0 Å². The van der Waals surface area contributed by atoms with Crippen LogP contribution in [0.15, 0.2) is 30.5 Å². The van der Waals surface area contributed by atoms with Crippen molar-refractivity contribution in [2.24, 2.45) is 7.05 Å². The van der Waals surface area contributed by atoms with Crippen LogP contribution in [0.1, 0.15) is 5.56 Å². The van der Waals surface area contributed by atoms with E-state index < -0.39 is 4.92 Å². The average molecular weight is 232 g/mol. The predicted molar refractivity (Wildman–Crippen MR) is 64.3 cm³/mol. The number of non-ortho nitro benzene ring substituents is 1. The molecule has 1 aromatic carbocycles. The van der Waals surface area contributed by atoms with Crippen molar-refractivity contribution in [1.29, 1.82) is 0 Å². The zero-order valence-corrected chi connectivity index (χ0v) is 9.54. The molecule has 6 nitrogen and oxygen atoms in total. The number of aromatic nitrogens is 2. The van der Waals surface area contributed by atoms with E-state index in [-0.39, 0.29) is 5.69 Å². The molecule has 0 amide bonds. The second-order valence-electron chi connectivity index (χ2n) is 3.76. The van der Waals surface area contributed by atoms with Crippen LogP contribution in [-0.2, 0) is 7.05 Å². The normalized spacial score (nSPS) is 10.2. The molecule has 1 N–H and O–H groups in total. The van der Waals surface area contributed by atoms with Crippen molar-refractivity contribution >= 4 is 17.2 Å². The van der Waals surface area contributed by atoms with Crippen molar-refractivity contribution in [2.75, 3.05) is 5.32 Å². The lowest BCUT2D eigenvalue weighted by Crippen LogP contribution is -1.97. The fourth-order valence-electron chi connectivity index (χ4n) is 1.48. The Balaban J connectivity index is 2.31. The Kier molecular flexibility index (Phi) is 2.78. The highest BCUT2D eigenvalue weighted by Crippen LogP contribution is 2.24. The molecule has 0 saturated carbocycles. The first kappa shape index (κ1) is 11.1. The Labute approximate surface area is 98.0 Å². The summed E-state index contributed by atoms with van der Waals surface area (Å²) in [6, 6.07) is 6.50. The van der Waals surface area contributed by atoms with Gasteiger partial charge in [-0.25, -0.2) is 0 Å². The van der Waals surface area contributed by atoms with Gasteiger partial charge in [0, 0.05) is 37.1 Å². The van der Waals surface area contributed by atoms with Crippen LogP contribution < -0.4 is 5.32 Å². The number of nitrogens with one attached hydrogen (secondary N) is 1. The van der Waals surface area contributed by atoms with Crippen molar-refractivity contribution in [2.45, 2.75) is 6.92 Å². The lowest BCUT2D eigenvalue weighted by molar-refractivity contribution is -0.384. The highest BCUT2D eigenvalue weighted by molar-refractivity contribution is 5.63. The molecule has 0 spiro atoms. The third-order valence-electron chi connectivity index (χ3n) is 2.41. The van der Waals surface area contributed by atoms with E-state index in [2.05, 4.69) is 10.4 Å². The average Bonchev–Trinajstić information content (AvgIpc) is 2.67. The van der Waals surface area contributed by atoms with Crippen molar-refractivity contribution in [3.05, 3.63) is 46.1 Å². The van der Waals surface area contributed by atoms with Gasteiger partial charge in [0.2, 0.25) is 0 Å². The third-order valence-corrected chi connectivity index (χ3v) is 2.41. The molecule has 0 bridgehead atoms. The maximum atomic E-state index is 10.7. The quantitative estimate of drug-likeness (QED) is 0.651. The molecular formula is C11H12N4O2. The lowest BCUT2D eigenvalue weighted by atomic mass is 10.2. The summed E-state index contributed by atoms with van der Waals surface area (Å²) in [5.41, 5.74) is 1.69. The van der Waals surface area contributed by atoms with Gasteiger partial charge in [-0.15, -0.1) is 0 Å². The van der Waals surface area contributed by atoms with E-state index >= 15 is 0 Å². The minimum atomic E-state index is -0.414. The predicted octanol–water partition coefficient (Wildman–Crippen LogP) is 2.38. The highest BCUT2D eigenvalue weighted by Gasteiger charge is 2.09. The largest absolute Gasteiger partial charge is 0.338 e. The molecule has 6 heteroatoms. The van der Waals surface area contributed by atoms with Gasteiger partial charge in [-0.2, -0.15) is 5.10 Å². The van der Waals surface area contributed by atoms with Crippen LogP contribution in [0.3, 0.4) is 0 Å². The fraction of sp³-hybridized carbons (Fsp3) is 0.182. The standard InChI is InChI=1S/C11H12N4O2/c1-8-3-4-9(15(16)17)7-10(8)12-11-5-6-14(2)13-11/h3-7H,1-2H3,(H,12,13). The zero-order valence-electron chi connectivity index (χ0n) is 9.54. The molecule has 0 saturated heterocycles.